The molecule has 0 aliphatic rings. The van der Waals surface area contributed by atoms with E-state index in [1.165, 1.54) is 36.5 Å². The first-order valence-electron chi connectivity index (χ1n) is 11.9. The number of imidazole rings is 1. The minimum absolute atomic E-state index is 0.166. The highest BCUT2D eigenvalue weighted by atomic mass is 19.4. The third-order valence-corrected chi connectivity index (χ3v) is 6.21. The summed E-state index contributed by atoms with van der Waals surface area (Å²) in [5.41, 5.74) is 4.36. The first kappa shape index (κ1) is 25.1. The van der Waals surface area contributed by atoms with Crippen molar-refractivity contribution in [1.82, 2.24) is 19.5 Å². The fourth-order valence-electron chi connectivity index (χ4n) is 4.09. The van der Waals surface area contributed by atoms with Crippen molar-refractivity contribution in [3.63, 3.8) is 0 Å². The Balaban J connectivity index is 1.43. The van der Waals surface area contributed by atoms with Crippen molar-refractivity contribution in [1.29, 1.82) is 0 Å². The zero-order valence-electron chi connectivity index (χ0n) is 20.3. The highest BCUT2D eigenvalue weighted by Gasteiger charge is 2.39. The van der Waals surface area contributed by atoms with Crippen LogP contribution in [0.1, 0.15) is 18.5 Å². The number of alkyl halides is 3. The number of nitrogens with one attached hydrogen (secondary N) is 1. The molecule has 5 nitrogen and oxygen atoms in total. The molecule has 0 saturated carbocycles. The second kappa shape index (κ2) is 10.5. The van der Waals surface area contributed by atoms with E-state index in [1.807, 2.05) is 54.6 Å². The van der Waals surface area contributed by atoms with Crippen LogP contribution in [0.2, 0.25) is 0 Å². The normalized spacial score (nSPS) is 12.3. The van der Waals surface area contributed by atoms with Gasteiger partial charge in [-0.15, -0.1) is 0 Å². The standard InChI is InChI=1S/C29H23F4N5/c1-19(29(31,32)33)38-18-36-26(23-11-13-24(30)14-12-23)27(38)25-15-16-34-28(37-25)35-17-20-7-9-22(10-8-20)21-5-3-2-4-6-21/h2-16,18-19H,17H2,1H3,(H,34,35,37). The number of nitrogens with zero attached hydrogens (tertiary/aromatic N) is 4. The molecule has 0 aliphatic carbocycles. The van der Waals surface area contributed by atoms with Gasteiger partial charge in [0.05, 0.1) is 23.4 Å². The van der Waals surface area contributed by atoms with Gasteiger partial charge in [-0.05, 0) is 53.9 Å². The summed E-state index contributed by atoms with van der Waals surface area (Å²) in [6.07, 6.45) is -1.89. The van der Waals surface area contributed by atoms with Crippen LogP contribution < -0.4 is 5.32 Å². The van der Waals surface area contributed by atoms with Crippen LogP contribution >= 0.6 is 0 Å². The maximum atomic E-state index is 13.7. The van der Waals surface area contributed by atoms with Crippen molar-refractivity contribution < 1.29 is 17.6 Å². The molecule has 0 aliphatic heterocycles. The lowest BCUT2D eigenvalue weighted by molar-refractivity contribution is -0.162. The minimum atomic E-state index is -4.50. The SMILES string of the molecule is CC(n1cnc(-c2ccc(F)cc2)c1-c1ccnc(NCc2ccc(-c3ccccc3)cc2)n1)C(F)(F)F. The molecule has 2 heterocycles. The van der Waals surface area contributed by atoms with Crippen LogP contribution in [0.15, 0.2) is 97.5 Å². The van der Waals surface area contributed by atoms with Gasteiger partial charge in [-0.1, -0.05) is 54.6 Å². The summed E-state index contributed by atoms with van der Waals surface area (Å²) in [7, 11) is 0. The van der Waals surface area contributed by atoms with Gasteiger partial charge in [0.25, 0.3) is 0 Å². The molecule has 0 fully saturated rings. The fourth-order valence-corrected chi connectivity index (χ4v) is 4.09. The Kier molecular flexibility index (Phi) is 6.91. The first-order valence-corrected chi connectivity index (χ1v) is 11.9. The number of rotatable bonds is 7. The number of halogens is 4. The van der Waals surface area contributed by atoms with E-state index in [9.17, 15) is 17.6 Å². The maximum absolute atomic E-state index is 13.7. The molecular weight excluding hydrogens is 494 g/mol. The van der Waals surface area contributed by atoms with E-state index in [0.29, 0.717) is 12.1 Å². The molecule has 1 N–H and O–H groups in total. The van der Waals surface area contributed by atoms with Gasteiger partial charge in [0.2, 0.25) is 5.95 Å². The zero-order valence-corrected chi connectivity index (χ0v) is 20.3. The summed E-state index contributed by atoms with van der Waals surface area (Å²) in [6.45, 7) is 1.47. The van der Waals surface area contributed by atoms with Gasteiger partial charge in [-0.25, -0.2) is 19.3 Å². The topological polar surface area (TPSA) is 55.6 Å². The molecule has 1 unspecified atom stereocenters. The lowest BCUT2D eigenvalue weighted by Crippen LogP contribution is -2.24. The number of hydrogen-bond acceptors (Lipinski definition) is 4. The van der Waals surface area contributed by atoms with Crippen LogP contribution in [-0.2, 0) is 6.54 Å². The van der Waals surface area contributed by atoms with E-state index in [0.717, 1.165) is 34.5 Å². The van der Waals surface area contributed by atoms with Crippen molar-refractivity contribution in [2.45, 2.75) is 25.7 Å². The molecule has 5 aromatic rings. The number of benzene rings is 3. The van der Waals surface area contributed by atoms with Gasteiger partial charge in [0.15, 0.2) is 0 Å². The second-order valence-electron chi connectivity index (χ2n) is 8.76. The van der Waals surface area contributed by atoms with Crippen LogP contribution in [0, 0.1) is 5.82 Å². The number of aromatic nitrogens is 4. The Bertz CT molecular complexity index is 1510. The average Bonchev–Trinajstić information content (AvgIpc) is 3.37. The highest BCUT2D eigenvalue weighted by molar-refractivity contribution is 5.77. The monoisotopic (exact) mass is 517 g/mol. The molecule has 9 heteroatoms. The number of hydrogen-bond donors (Lipinski definition) is 1. The quantitative estimate of drug-likeness (QED) is 0.227. The Labute approximate surface area is 216 Å². The van der Waals surface area contributed by atoms with Crippen molar-refractivity contribution in [2.24, 2.45) is 0 Å². The van der Waals surface area contributed by atoms with Crippen molar-refractivity contribution >= 4 is 5.95 Å². The Morgan fingerprint density at radius 2 is 1.47 bits per heavy atom. The van der Waals surface area contributed by atoms with E-state index in [-0.39, 0.29) is 23.0 Å². The molecule has 0 saturated heterocycles. The molecule has 0 spiro atoms. The Hall–Kier alpha value is -4.53. The Morgan fingerprint density at radius 1 is 0.816 bits per heavy atom. The van der Waals surface area contributed by atoms with Crippen molar-refractivity contribution in [2.75, 3.05) is 5.32 Å². The van der Waals surface area contributed by atoms with E-state index < -0.39 is 18.0 Å². The van der Waals surface area contributed by atoms with E-state index in [1.54, 1.807) is 0 Å². The minimum Gasteiger partial charge on any atom is -0.350 e. The van der Waals surface area contributed by atoms with E-state index in [2.05, 4.69) is 20.3 Å². The predicted molar refractivity (Wildman–Crippen MR) is 139 cm³/mol. The summed E-state index contributed by atoms with van der Waals surface area (Å²) in [5, 5.41) is 3.14. The Morgan fingerprint density at radius 3 is 2.16 bits per heavy atom. The second-order valence-corrected chi connectivity index (χ2v) is 8.76. The van der Waals surface area contributed by atoms with E-state index in [4.69, 9.17) is 0 Å². The van der Waals surface area contributed by atoms with Crippen LogP contribution in [0.5, 0.6) is 0 Å². The largest absolute Gasteiger partial charge is 0.408 e. The first-order chi connectivity index (χ1) is 18.3. The maximum Gasteiger partial charge on any atom is 0.408 e. The van der Waals surface area contributed by atoms with Crippen LogP contribution in [0.25, 0.3) is 33.8 Å². The van der Waals surface area contributed by atoms with Gasteiger partial charge in [-0.3, -0.25) is 0 Å². The molecule has 1 atom stereocenters. The molecule has 0 amide bonds. The summed E-state index contributed by atoms with van der Waals surface area (Å²) in [6, 6.07) is 23.1. The van der Waals surface area contributed by atoms with Crippen molar-refractivity contribution in [3.05, 3.63) is 109 Å². The summed E-state index contributed by atoms with van der Waals surface area (Å²) in [4.78, 5) is 13.0. The predicted octanol–water partition coefficient (Wildman–Crippen LogP) is 7.55. The summed E-state index contributed by atoms with van der Waals surface area (Å²) in [5.74, 6) is -0.198. The molecule has 192 valence electrons. The van der Waals surface area contributed by atoms with Gasteiger partial charge >= 0.3 is 6.18 Å². The van der Waals surface area contributed by atoms with Gasteiger partial charge in [0, 0.05) is 18.3 Å². The molecule has 5 rings (SSSR count). The van der Waals surface area contributed by atoms with Gasteiger partial charge in [0.1, 0.15) is 11.9 Å². The smallest absolute Gasteiger partial charge is 0.350 e. The summed E-state index contributed by atoms with van der Waals surface area (Å²) >= 11 is 0. The van der Waals surface area contributed by atoms with Gasteiger partial charge < -0.3 is 9.88 Å². The fraction of sp³-hybridized carbons (Fsp3) is 0.138. The molecule has 0 bridgehead atoms. The molecule has 3 aromatic carbocycles. The zero-order chi connectivity index (χ0) is 26.7. The lowest BCUT2D eigenvalue weighted by Gasteiger charge is -2.20. The molecule has 0 radical (unpaired) electrons. The average molecular weight is 518 g/mol. The van der Waals surface area contributed by atoms with Crippen LogP contribution in [0.4, 0.5) is 23.5 Å². The number of anilines is 1. The molecule has 2 aromatic heterocycles. The lowest BCUT2D eigenvalue weighted by atomic mass is 10.0. The van der Waals surface area contributed by atoms with Crippen LogP contribution in [-0.4, -0.2) is 25.7 Å². The van der Waals surface area contributed by atoms with Gasteiger partial charge in [-0.2, -0.15) is 13.2 Å². The molecular formula is C29H23F4N5. The third-order valence-electron chi connectivity index (χ3n) is 6.21. The summed E-state index contributed by atoms with van der Waals surface area (Å²) < 4.78 is 55.6. The molecule has 38 heavy (non-hydrogen) atoms. The third kappa shape index (κ3) is 5.41. The highest BCUT2D eigenvalue weighted by Crippen LogP contribution is 2.38. The van der Waals surface area contributed by atoms with Crippen molar-refractivity contribution in [3.8, 4) is 33.8 Å². The van der Waals surface area contributed by atoms with E-state index >= 15 is 0 Å². The van der Waals surface area contributed by atoms with Crippen LogP contribution in [0.3, 0.4) is 0 Å².